The van der Waals surface area contributed by atoms with Gasteiger partial charge in [0.1, 0.15) is 19.8 Å². The van der Waals surface area contributed by atoms with E-state index < -0.39 is 69.9 Å². The van der Waals surface area contributed by atoms with Gasteiger partial charge in [0.25, 0.3) is 0 Å². The third kappa shape index (κ3) is 13.6. The van der Waals surface area contributed by atoms with Gasteiger partial charge in [0.05, 0.1) is 18.8 Å². The fraction of sp³-hybridized carbons (Fsp3) is 0.200. The molecule has 0 heterocycles. The molecule has 1 atom stereocenters. The van der Waals surface area contributed by atoms with E-state index in [-0.39, 0.29) is 36.5 Å². The van der Waals surface area contributed by atoms with E-state index in [1.165, 1.54) is 0 Å². The van der Waals surface area contributed by atoms with Gasteiger partial charge in [0.15, 0.2) is 5.52 Å². The summed E-state index contributed by atoms with van der Waals surface area (Å²) in [6, 6.07) is 59.3. The first-order chi connectivity index (χ1) is 42.7. The van der Waals surface area contributed by atoms with Crippen LogP contribution in [0.25, 0.3) is 0 Å². The van der Waals surface area contributed by atoms with Gasteiger partial charge in [-0.05, 0) is 140 Å². The molecule has 1 unspecified atom stereocenters. The lowest BCUT2D eigenvalue weighted by Crippen LogP contribution is -2.26. The molecule has 0 aliphatic carbocycles. The van der Waals surface area contributed by atoms with Gasteiger partial charge < -0.3 is 23.3 Å². The van der Waals surface area contributed by atoms with Crippen LogP contribution in [0, 0.1) is 68.2 Å². The second kappa shape index (κ2) is 28.2. The Labute approximate surface area is 522 Å². The quantitative estimate of drug-likeness (QED) is 0.0340. The summed E-state index contributed by atoms with van der Waals surface area (Å²) >= 11 is 0. The van der Waals surface area contributed by atoms with E-state index >= 15 is 13.9 Å². The molecular formula is C75H71O11P3. The number of esters is 3. The van der Waals surface area contributed by atoms with Crippen molar-refractivity contribution in [3.8, 4) is 0 Å². The van der Waals surface area contributed by atoms with Gasteiger partial charge in [-0.3, -0.25) is 28.8 Å². The van der Waals surface area contributed by atoms with Crippen LogP contribution >= 0.6 is 22.2 Å². The second-order valence-electron chi connectivity index (χ2n) is 22.5. The van der Waals surface area contributed by atoms with E-state index in [0.717, 1.165) is 21.7 Å². The number of rotatable bonds is 23. The first kappa shape index (κ1) is 64.8. The number of carbonyl (C=O) groups excluding carboxylic acids is 6. The van der Waals surface area contributed by atoms with Crippen LogP contribution < -0.4 is 31.8 Å². The number of benzene rings is 9. The molecular weight excluding hydrogens is 1170 g/mol. The topological polar surface area (TPSA) is 164 Å². The zero-order chi connectivity index (χ0) is 63.7. The van der Waals surface area contributed by atoms with Gasteiger partial charge in [-0.25, -0.2) is 0 Å². The van der Waals surface area contributed by atoms with Crippen LogP contribution in [-0.4, -0.2) is 34.5 Å². The highest BCUT2D eigenvalue weighted by atomic mass is 31.2. The molecule has 0 fully saturated rings. The molecule has 9 rings (SSSR count). The standard InChI is InChI=1S/C75H71O11P3/c1-48-40-51(4)69(73(79)87(58-28-16-10-17-29-58)59-30-18-11-19-31-59)54(7)64(48)45-84-67(76)43-57(72(78)86-47-66-50(3)42-53(6)71(56(66)9)75(81)89(83,62-36-24-14-25-37-62)63-38-26-15-27-39-63)44-68(77)85-46-65-49(2)41-52(5)70(55(65)8)74(80)88(82,60-32-20-12-21-33-60)61-34-22-13-23-35-61/h10-42,57H,43-47H2,1-9H3. The summed E-state index contributed by atoms with van der Waals surface area (Å²) in [5.41, 5.74) is 7.05. The molecule has 0 aliphatic heterocycles. The van der Waals surface area contributed by atoms with Crippen LogP contribution in [0.1, 0.15) is 111 Å². The van der Waals surface area contributed by atoms with Gasteiger partial charge in [0.2, 0.25) is 25.3 Å². The zero-order valence-electron chi connectivity index (χ0n) is 51.5. The molecule has 452 valence electrons. The maximum atomic E-state index is 15.4. The lowest BCUT2D eigenvalue weighted by atomic mass is 9.94. The van der Waals surface area contributed by atoms with Crippen molar-refractivity contribution < 1.29 is 52.1 Å². The van der Waals surface area contributed by atoms with Gasteiger partial charge in [-0.1, -0.05) is 200 Å². The number of ether oxygens (including phenoxy) is 3. The molecule has 0 bridgehead atoms. The van der Waals surface area contributed by atoms with E-state index in [1.54, 1.807) is 161 Å². The van der Waals surface area contributed by atoms with E-state index in [0.29, 0.717) is 82.4 Å². The first-order valence-corrected chi connectivity index (χ1v) is 34.2. The van der Waals surface area contributed by atoms with Gasteiger partial charge >= 0.3 is 17.9 Å². The lowest BCUT2D eigenvalue weighted by Gasteiger charge is -2.23. The molecule has 0 amide bonds. The first-order valence-electron chi connectivity index (χ1n) is 29.4. The normalized spacial score (nSPS) is 11.8. The molecule has 14 heteroatoms. The van der Waals surface area contributed by atoms with Crippen molar-refractivity contribution >= 4 is 88.5 Å². The Balaban J connectivity index is 1.00. The summed E-state index contributed by atoms with van der Waals surface area (Å²) < 4.78 is 48.7. The van der Waals surface area contributed by atoms with Crippen LogP contribution in [0.5, 0.6) is 0 Å². The maximum Gasteiger partial charge on any atom is 0.310 e. The van der Waals surface area contributed by atoms with Crippen LogP contribution in [0.2, 0.25) is 0 Å². The molecule has 0 radical (unpaired) electrons. The number of hydrogen-bond acceptors (Lipinski definition) is 11. The Morgan fingerprint density at radius 2 is 0.629 bits per heavy atom. The Morgan fingerprint density at radius 1 is 0.360 bits per heavy atom. The third-order valence-corrected chi connectivity index (χ3v) is 24.5. The maximum absolute atomic E-state index is 15.4. The third-order valence-electron chi connectivity index (χ3n) is 16.6. The Hall–Kier alpha value is -8.71. The van der Waals surface area contributed by atoms with Crippen LogP contribution in [0.15, 0.2) is 200 Å². The number of aryl methyl sites for hydroxylation is 6. The fourth-order valence-electron chi connectivity index (χ4n) is 11.9. The average molecular weight is 1240 g/mol. The van der Waals surface area contributed by atoms with Crippen LogP contribution in [0.4, 0.5) is 0 Å². The van der Waals surface area contributed by atoms with Crippen molar-refractivity contribution in [1.29, 1.82) is 0 Å². The van der Waals surface area contributed by atoms with Crippen LogP contribution in [0.3, 0.4) is 0 Å². The largest absolute Gasteiger partial charge is 0.461 e. The number of hydrogen-bond donors (Lipinski definition) is 0. The van der Waals surface area contributed by atoms with Gasteiger partial charge in [0, 0.05) is 45.8 Å². The summed E-state index contributed by atoms with van der Waals surface area (Å²) in [5.74, 6) is -4.06. The van der Waals surface area contributed by atoms with Crippen molar-refractivity contribution in [2.45, 2.75) is 95.0 Å². The van der Waals surface area contributed by atoms with E-state index in [2.05, 4.69) is 0 Å². The molecule has 0 N–H and O–H groups in total. The minimum absolute atomic E-state index is 0.0588. The van der Waals surface area contributed by atoms with Gasteiger partial charge in [-0.2, -0.15) is 0 Å². The monoisotopic (exact) mass is 1240 g/mol. The molecule has 0 saturated heterocycles. The summed E-state index contributed by atoms with van der Waals surface area (Å²) in [5, 5.41) is 3.26. The predicted molar refractivity (Wildman–Crippen MR) is 356 cm³/mol. The van der Waals surface area contributed by atoms with E-state index in [9.17, 15) is 24.0 Å². The van der Waals surface area contributed by atoms with E-state index in [1.807, 2.05) is 101 Å². The van der Waals surface area contributed by atoms with Crippen molar-refractivity contribution in [2.24, 2.45) is 5.92 Å². The lowest BCUT2D eigenvalue weighted by molar-refractivity contribution is -0.160. The number of carbonyl (C=O) groups is 6. The minimum atomic E-state index is -3.96. The molecule has 89 heavy (non-hydrogen) atoms. The predicted octanol–water partition coefficient (Wildman–Crippen LogP) is 14.0. The van der Waals surface area contributed by atoms with E-state index in [4.69, 9.17) is 14.2 Å². The van der Waals surface area contributed by atoms with Crippen LogP contribution in [-0.2, 0) is 57.5 Å². The fourth-order valence-corrected chi connectivity index (χ4v) is 19.4. The molecule has 0 aromatic heterocycles. The zero-order valence-corrected chi connectivity index (χ0v) is 54.2. The highest BCUT2D eigenvalue weighted by molar-refractivity contribution is 7.94. The molecule has 0 spiro atoms. The summed E-state index contributed by atoms with van der Waals surface area (Å²) in [6.45, 7) is 15.3. The average Bonchev–Trinajstić information content (AvgIpc) is 0.916. The van der Waals surface area contributed by atoms with Crippen molar-refractivity contribution in [2.75, 3.05) is 0 Å². The van der Waals surface area contributed by atoms with Crippen molar-refractivity contribution in [3.63, 3.8) is 0 Å². The Morgan fingerprint density at radius 3 is 0.944 bits per heavy atom. The summed E-state index contributed by atoms with van der Waals surface area (Å²) in [6.07, 6.45) is -1.24. The Bertz CT molecular complexity index is 4120. The minimum Gasteiger partial charge on any atom is -0.461 e. The summed E-state index contributed by atoms with van der Waals surface area (Å²) in [4.78, 5) is 88.1. The molecule has 0 saturated carbocycles. The molecule has 11 nitrogen and oxygen atoms in total. The highest BCUT2D eigenvalue weighted by Crippen LogP contribution is 2.50. The molecule has 9 aromatic carbocycles. The summed E-state index contributed by atoms with van der Waals surface area (Å²) in [7, 11) is -9.40. The molecule has 0 aliphatic rings. The second-order valence-corrected chi connectivity index (χ2v) is 29.9. The van der Waals surface area contributed by atoms with Crippen molar-refractivity contribution in [3.05, 3.63) is 284 Å². The van der Waals surface area contributed by atoms with Crippen molar-refractivity contribution in [1.82, 2.24) is 0 Å². The Kier molecular flexibility index (Phi) is 20.5. The smallest absolute Gasteiger partial charge is 0.310 e. The SMILES string of the molecule is Cc1cc(C)c(C(=O)P(c2ccccc2)c2ccccc2)c(C)c1COC(=O)CC(CC(=O)OCc1c(C)cc(C)c(C(=O)P(=O)(c2ccccc2)c2ccccc2)c1C)C(=O)OCc1c(C)cc(C)c(C(=O)P(=O)(c2ccccc2)c2ccccc2)c1C. The highest BCUT2D eigenvalue weighted by Gasteiger charge is 2.41. The molecule has 9 aromatic rings. The van der Waals surface area contributed by atoms with Gasteiger partial charge in [-0.15, -0.1) is 0 Å².